The molecular weight excluding hydrogens is 448 g/mol. The summed E-state index contributed by atoms with van der Waals surface area (Å²) in [6, 6.07) is 28.8. The van der Waals surface area contributed by atoms with Crippen molar-refractivity contribution >= 4 is 12.0 Å². The van der Waals surface area contributed by atoms with Gasteiger partial charge < -0.3 is 10.1 Å². The van der Waals surface area contributed by atoms with Gasteiger partial charge in [-0.1, -0.05) is 55.5 Å². The highest BCUT2D eigenvalue weighted by molar-refractivity contribution is 6.02. The van der Waals surface area contributed by atoms with Crippen molar-refractivity contribution in [1.29, 1.82) is 5.26 Å². The van der Waals surface area contributed by atoms with Crippen molar-refractivity contribution in [3.63, 3.8) is 0 Å². The summed E-state index contributed by atoms with van der Waals surface area (Å²) in [6.45, 7) is 4.61. The highest BCUT2D eigenvalue weighted by Gasteiger charge is 2.17. The molecule has 0 aliphatic carbocycles. The highest BCUT2D eigenvalue weighted by Crippen LogP contribution is 2.28. The van der Waals surface area contributed by atoms with Gasteiger partial charge in [0.2, 0.25) is 0 Å². The molecule has 1 unspecified atom stereocenters. The van der Waals surface area contributed by atoms with Gasteiger partial charge in [-0.3, -0.25) is 4.79 Å². The number of carbonyl (C=O) groups is 1. The lowest BCUT2D eigenvalue weighted by Gasteiger charge is -2.13. The first-order valence-corrected chi connectivity index (χ1v) is 11.9. The van der Waals surface area contributed by atoms with E-state index in [1.54, 1.807) is 10.8 Å². The first-order chi connectivity index (χ1) is 17.6. The average Bonchev–Trinajstić information content (AvgIpc) is 3.35. The Balaban J connectivity index is 1.68. The number of para-hydroxylation sites is 1. The number of nitrogens with one attached hydrogen (secondary N) is 1. The summed E-state index contributed by atoms with van der Waals surface area (Å²) in [5.41, 5.74) is 4.04. The zero-order valence-electron chi connectivity index (χ0n) is 20.4. The number of carbonyl (C=O) groups excluding carboxylic acids is 1. The number of nitriles is 1. The number of hydrogen-bond acceptors (Lipinski definition) is 4. The second-order valence-electron chi connectivity index (χ2n) is 8.36. The number of amides is 1. The van der Waals surface area contributed by atoms with Gasteiger partial charge in [-0.25, -0.2) is 4.68 Å². The highest BCUT2D eigenvalue weighted by atomic mass is 16.5. The van der Waals surface area contributed by atoms with Gasteiger partial charge in [-0.05, 0) is 61.4 Å². The zero-order valence-corrected chi connectivity index (χ0v) is 20.4. The molecule has 0 aliphatic heterocycles. The van der Waals surface area contributed by atoms with Crippen LogP contribution in [0.2, 0.25) is 0 Å². The van der Waals surface area contributed by atoms with Crippen molar-refractivity contribution in [2.75, 3.05) is 6.61 Å². The summed E-state index contributed by atoms with van der Waals surface area (Å²) < 4.78 is 7.46. The molecular formula is C30H28N4O2. The lowest BCUT2D eigenvalue weighted by Crippen LogP contribution is -2.27. The summed E-state index contributed by atoms with van der Waals surface area (Å²) in [7, 11) is 0. The molecule has 6 heteroatoms. The molecule has 0 bridgehead atoms. The van der Waals surface area contributed by atoms with Crippen molar-refractivity contribution < 1.29 is 9.53 Å². The lowest BCUT2D eigenvalue weighted by molar-refractivity contribution is -0.117. The topological polar surface area (TPSA) is 79.9 Å². The number of aromatic nitrogens is 2. The van der Waals surface area contributed by atoms with E-state index in [1.807, 2.05) is 98.0 Å². The Labute approximate surface area is 211 Å². The first-order valence-electron chi connectivity index (χ1n) is 11.9. The minimum atomic E-state index is -0.435. The van der Waals surface area contributed by atoms with Gasteiger partial charge in [0.25, 0.3) is 5.91 Å². The number of nitrogens with zero attached hydrogens (tertiary/aromatic N) is 3. The largest absolute Gasteiger partial charge is 0.494 e. The lowest BCUT2D eigenvalue weighted by atomic mass is 10.0. The minimum absolute atomic E-state index is 0.00884. The molecule has 4 rings (SSSR count). The van der Waals surface area contributed by atoms with Crippen molar-refractivity contribution in [2.45, 2.75) is 26.3 Å². The molecule has 0 saturated carbocycles. The second kappa shape index (κ2) is 11.7. The van der Waals surface area contributed by atoms with Crippen molar-refractivity contribution in [1.82, 2.24) is 15.1 Å². The van der Waals surface area contributed by atoms with Gasteiger partial charge in [-0.15, -0.1) is 0 Å². The average molecular weight is 477 g/mol. The van der Waals surface area contributed by atoms with E-state index in [1.165, 1.54) is 0 Å². The molecule has 0 radical (unpaired) electrons. The van der Waals surface area contributed by atoms with Gasteiger partial charge >= 0.3 is 0 Å². The predicted molar refractivity (Wildman–Crippen MR) is 141 cm³/mol. The fraction of sp³-hybridized carbons (Fsp3) is 0.167. The van der Waals surface area contributed by atoms with Gasteiger partial charge in [0.1, 0.15) is 17.4 Å². The Bertz CT molecular complexity index is 1370. The molecule has 6 nitrogen and oxygen atoms in total. The summed E-state index contributed by atoms with van der Waals surface area (Å²) in [4.78, 5) is 13.0. The summed E-state index contributed by atoms with van der Waals surface area (Å²) in [5.74, 6) is 0.350. The van der Waals surface area contributed by atoms with Crippen LogP contribution in [0.5, 0.6) is 5.75 Å². The molecule has 0 spiro atoms. The van der Waals surface area contributed by atoms with E-state index in [0.29, 0.717) is 17.9 Å². The van der Waals surface area contributed by atoms with Crippen molar-refractivity contribution in [3.05, 3.63) is 108 Å². The van der Waals surface area contributed by atoms with Crippen LogP contribution < -0.4 is 10.1 Å². The van der Waals surface area contributed by atoms with Gasteiger partial charge in [0.15, 0.2) is 0 Å². The molecule has 0 fully saturated rings. The van der Waals surface area contributed by atoms with Crippen LogP contribution in [0, 0.1) is 11.3 Å². The molecule has 180 valence electrons. The Morgan fingerprint density at radius 2 is 1.72 bits per heavy atom. The van der Waals surface area contributed by atoms with E-state index in [2.05, 4.69) is 18.3 Å². The maximum atomic E-state index is 13.0. The molecule has 1 atom stereocenters. The molecule has 36 heavy (non-hydrogen) atoms. The standard InChI is InChI=1S/C30H28N4O2/c1-3-18-36-28-16-14-24(15-17-28)29-26(21-34(33-29)27-12-8-5-9-13-27)19-25(20-31)30(35)32-22(2)23-10-6-4-7-11-23/h4-17,19,21-22H,3,18H2,1-2H3,(H,32,35). The Hall–Kier alpha value is -4.63. The minimum Gasteiger partial charge on any atom is -0.494 e. The van der Waals surface area contributed by atoms with E-state index in [4.69, 9.17) is 9.84 Å². The third-order valence-corrected chi connectivity index (χ3v) is 5.68. The third-order valence-electron chi connectivity index (χ3n) is 5.68. The quantitative estimate of drug-likeness (QED) is 0.233. The maximum Gasteiger partial charge on any atom is 0.262 e. The smallest absolute Gasteiger partial charge is 0.262 e. The first kappa shape index (κ1) is 24.5. The molecule has 1 N–H and O–H groups in total. The van der Waals surface area contributed by atoms with E-state index < -0.39 is 5.91 Å². The van der Waals surface area contributed by atoms with Crippen LogP contribution in [0.15, 0.2) is 96.7 Å². The fourth-order valence-electron chi connectivity index (χ4n) is 3.76. The van der Waals surface area contributed by atoms with Gasteiger partial charge in [0, 0.05) is 17.3 Å². The van der Waals surface area contributed by atoms with Crippen LogP contribution in [0.4, 0.5) is 0 Å². The SMILES string of the molecule is CCCOc1ccc(-c2nn(-c3ccccc3)cc2C=C(C#N)C(=O)NC(C)c2ccccc2)cc1. The van der Waals surface area contributed by atoms with Crippen LogP contribution in [0.1, 0.15) is 37.4 Å². The monoisotopic (exact) mass is 476 g/mol. The molecule has 4 aromatic rings. The number of hydrogen-bond donors (Lipinski definition) is 1. The summed E-state index contributed by atoms with van der Waals surface area (Å²) >= 11 is 0. The van der Waals surface area contributed by atoms with E-state index in [9.17, 15) is 10.1 Å². The van der Waals surface area contributed by atoms with E-state index >= 15 is 0 Å². The number of benzene rings is 3. The predicted octanol–water partition coefficient (Wildman–Crippen LogP) is 6.11. The molecule has 1 heterocycles. The van der Waals surface area contributed by atoms with Crippen molar-refractivity contribution in [3.8, 4) is 28.8 Å². The Kier molecular flexibility index (Phi) is 7.94. The van der Waals surface area contributed by atoms with Crippen LogP contribution >= 0.6 is 0 Å². The second-order valence-corrected chi connectivity index (χ2v) is 8.36. The third kappa shape index (κ3) is 5.89. The number of ether oxygens (including phenoxy) is 1. The molecule has 0 saturated heterocycles. The van der Waals surface area contributed by atoms with E-state index in [-0.39, 0.29) is 11.6 Å². The zero-order chi connectivity index (χ0) is 25.3. The number of rotatable bonds is 9. The molecule has 3 aromatic carbocycles. The normalized spacial score (nSPS) is 12.0. The van der Waals surface area contributed by atoms with Crippen LogP contribution in [0.25, 0.3) is 23.0 Å². The van der Waals surface area contributed by atoms with Crippen LogP contribution in [-0.4, -0.2) is 22.3 Å². The summed E-state index contributed by atoms with van der Waals surface area (Å²) in [5, 5.41) is 17.5. The van der Waals surface area contributed by atoms with E-state index in [0.717, 1.165) is 29.0 Å². The van der Waals surface area contributed by atoms with Crippen LogP contribution in [-0.2, 0) is 4.79 Å². The van der Waals surface area contributed by atoms with Crippen molar-refractivity contribution in [2.24, 2.45) is 0 Å². The Morgan fingerprint density at radius 1 is 1.06 bits per heavy atom. The molecule has 1 aromatic heterocycles. The molecule has 0 aliphatic rings. The summed E-state index contributed by atoms with van der Waals surface area (Å²) in [6.07, 6.45) is 4.35. The Morgan fingerprint density at radius 3 is 2.36 bits per heavy atom. The maximum absolute atomic E-state index is 13.0. The molecule has 1 amide bonds. The fourth-order valence-corrected chi connectivity index (χ4v) is 3.76. The van der Waals surface area contributed by atoms with Crippen LogP contribution in [0.3, 0.4) is 0 Å². The van der Waals surface area contributed by atoms with Gasteiger partial charge in [0.05, 0.1) is 24.0 Å². The van der Waals surface area contributed by atoms with Gasteiger partial charge in [-0.2, -0.15) is 10.4 Å².